The van der Waals surface area contributed by atoms with Gasteiger partial charge in [0, 0.05) is 19.1 Å². The number of hydrogen-bond donors (Lipinski definition) is 2. The molecule has 0 aliphatic carbocycles. The number of rotatable bonds is 3. The van der Waals surface area contributed by atoms with Crippen molar-refractivity contribution in [2.75, 3.05) is 31.2 Å². The first kappa shape index (κ1) is 12.2. The van der Waals surface area contributed by atoms with E-state index in [1.165, 1.54) is 19.4 Å². The summed E-state index contributed by atoms with van der Waals surface area (Å²) in [5.41, 5.74) is 7.78. The Labute approximate surface area is 103 Å². The Balaban J connectivity index is 2.12. The number of hydrogen-bond acceptors (Lipinski definition) is 4. The highest BCUT2D eigenvalue weighted by Gasteiger charge is 2.20. The Hall–Kier alpha value is -1.23. The largest absolute Gasteiger partial charge is 0.394 e. The minimum Gasteiger partial charge on any atom is -0.394 e. The molecule has 1 aliphatic rings. The van der Waals surface area contributed by atoms with E-state index in [1.807, 2.05) is 11.6 Å². The van der Waals surface area contributed by atoms with E-state index in [2.05, 4.69) is 29.3 Å². The van der Waals surface area contributed by atoms with Gasteiger partial charge in [0.05, 0.1) is 11.4 Å². The molecule has 0 bridgehead atoms. The van der Waals surface area contributed by atoms with E-state index in [0.29, 0.717) is 6.04 Å². The maximum absolute atomic E-state index is 6.07. The summed E-state index contributed by atoms with van der Waals surface area (Å²) in [5, 5.41) is 7.98. The van der Waals surface area contributed by atoms with Gasteiger partial charge in [0.2, 0.25) is 0 Å². The van der Waals surface area contributed by atoms with Crippen LogP contribution in [0.15, 0.2) is 0 Å². The molecule has 0 aromatic carbocycles. The van der Waals surface area contributed by atoms with Gasteiger partial charge in [-0.1, -0.05) is 0 Å². The molecule has 96 valence electrons. The second kappa shape index (κ2) is 4.96. The second-order valence-corrected chi connectivity index (χ2v) is 4.91. The average Bonchev–Trinajstić information content (AvgIpc) is 2.57. The number of nitrogens with one attached hydrogen (secondary N) is 1. The van der Waals surface area contributed by atoms with E-state index in [0.717, 1.165) is 30.3 Å². The SMILES string of the molecule is CCn1nc(C)c(N)c1NC1CCCN(C)C1. The molecule has 1 aromatic heterocycles. The molecule has 0 radical (unpaired) electrons. The number of likely N-dealkylation sites (tertiary alicyclic amines) is 1. The minimum absolute atomic E-state index is 0.484. The summed E-state index contributed by atoms with van der Waals surface area (Å²) in [6.07, 6.45) is 2.45. The number of aromatic nitrogens is 2. The molecule has 2 heterocycles. The van der Waals surface area contributed by atoms with Gasteiger partial charge in [-0.3, -0.25) is 0 Å². The fraction of sp³-hybridized carbons (Fsp3) is 0.750. The molecular formula is C12H23N5. The molecule has 1 aliphatic heterocycles. The number of nitrogens with zero attached hydrogens (tertiary/aromatic N) is 3. The predicted molar refractivity (Wildman–Crippen MR) is 71.2 cm³/mol. The molecule has 17 heavy (non-hydrogen) atoms. The summed E-state index contributed by atoms with van der Waals surface area (Å²) in [7, 11) is 2.17. The van der Waals surface area contributed by atoms with Gasteiger partial charge in [0.15, 0.2) is 0 Å². The van der Waals surface area contributed by atoms with Crippen LogP contribution in [0.3, 0.4) is 0 Å². The van der Waals surface area contributed by atoms with Crippen LogP contribution in [-0.4, -0.2) is 40.9 Å². The number of likely N-dealkylation sites (N-methyl/N-ethyl adjacent to an activating group) is 1. The van der Waals surface area contributed by atoms with E-state index < -0.39 is 0 Å². The van der Waals surface area contributed by atoms with Crippen molar-refractivity contribution in [2.24, 2.45) is 0 Å². The molecule has 2 rings (SSSR count). The topological polar surface area (TPSA) is 59.1 Å². The maximum atomic E-state index is 6.07. The highest BCUT2D eigenvalue weighted by Crippen LogP contribution is 2.24. The van der Waals surface area contributed by atoms with E-state index >= 15 is 0 Å². The summed E-state index contributed by atoms with van der Waals surface area (Å²) in [5.74, 6) is 0.991. The first-order chi connectivity index (χ1) is 8.11. The van der Waals surface area contributed by atoms with E-state index in [9.17, 15) is 0 Å². The summed E-state index contributed by atoms with van der Waals surface area (Å²) in [6, 6.07) is 0.484. The molecular weight excluding hydrogens is 214 g/mol. The summed E-state index contributed by atoms with van der Waals surface area (Å²) >= 11 is 0. The highest BCUT2D eigenvalue weighted by molar-refractivity contribution is 5.65. The van der Waals surface area contributed by atoms with Crippen LogP contribution in [0.4, 0.5) is 11.5 Å². The van der Waals surface area contributed by atoms with Crippen molar-refractivity contribution in [1.82, 2.24) is 14.7 Å². The molecule has 3 N–H and O–H groups in total. The number of nitrogens with two attached hydrogens (primary N) is 1. The van der Waals surface area contributed by atoms with E-state index in [1.54, 1.807) is 0 Å². The van der Waals surface area contributed by atoms with Crippen LogP contribution in [0, 0.1) is 6.92 Å². The van der Waals surface area contributed by atoms with Crippen molar-refractivity contribution in [3.05, 3.63) is 5.69 Å². The molecule has 5 heteroatoms. The summed E-state index contributed by atoms with van der Waals surface area (Å²) in [4.78, 5) is 2.36. The second-order valence-electron chi connectivity index (χ2n) is 4.91. The first-order valence-corrected chi connectivity index (χ1v) is 6.39. The van der Waals surface area contributed by atoms with Crippen LogP contribution in [-0.2, 0) is 6.54 Å². The average molecular weight is 237 g/mol. The molecule has 0 amide bonds. The molecule has 1 saturated heterocycles. The van der Waals surface area contributed by atoms with Gasteiger partial charge in [-0.05, 0) is 40.3 Å². The van der Waals surface area contributed by atoms with Crippen molar-refractivity contribution in [3.8, 4) is 0 Å². The lowest BCUT2D eigenvalue weighted by Gasteiger charge is -2.31. The normalized spacial score (nSPS) is 21.7. The van der Waals surface area contributed by atoms with Gasteiger partial charge in [0.1, 0.15) is 5.82 Å². The van der Waals surface area contributed by atoms with Gasteiger partial charge in [0.25, 0.3) is 0 Å². The Kier molecular flexibility index (Phi) is 3.57. The third-order valence-electron chi connectivity index (χ3n) is 3.44. The molecule has 0 saturated carbocycles. The third kappa shape index (κ3) is 2.54. The van der Waals surface area contributed by atoms with Crippen LogP contribution in [0.5, 0.6) is 0 Å². The number of anilines is 2. The lowest BCUT2D eigenvalue weighted by Crippen LogP contribution is -2.40. The van der Waals surface area contributed by atoms with Crippen molar-refractivity contribution in [2.45, 2.75) is 39.3 Å². The van der Waals surface area contributed by atoms with Gasteiger partial charge >= 0.3 is 0 Å². The molecule has 1 fully saturated rings. The summed E-state index contributed by atoms with van der Waals surface area (Å²) < 4.78 is 1.96. The zero-order valence-electron chi connectivity index (χ0n) is 11.0. The van der Waals surface area contributed by atoms with Crippen molar-refractivity contribution in [1.29, 1.82) is 0 Å². The zero-order chi connectivity index (χ0) is 12.4. The van der Waals surface area contributed by atoms with Crippen LogP contribution < -0.4 is 11.1 Å². The van der Waals surface area contributed by atoms with E-state index in [4.69, 9.17) is 5.73 Å². The van der Waals surface area contributed by atoms with Crippen LogP contribution in [0.1, 0.15) is 25.5 Å². The Bertz CT molecular complexity index is 384. The fourth-order valence-corrected chi connectivity index (χ4v) is 2.45. The number of aryl methyl sites for hydroxylation is 2. The lowest BCUT2D eigenvalue weighted by atomic mass is 10.1. The molecule has 5 nitrogen and oxygen atoms in total. The lowest BCUT2D eigenvalue weighted by molar-refractivity contribution is 0.260. The molecule has 1 unspecified atom stereocenters. The van der Waals surface area contributed by atoms with Gasteiger partial charge < -0.3 is 16.0 Å². The van der Waals surface area contributed by atoms with Gasteiger partial charge in [-0.2, -0.15) is 5.10 Å². The molecule has 1 aromatic rings. The molecule has 0 spiro atoms. The standard InChI is InChI=1S/C12H23N5/c1-4-17-12(11(13)9(2)15-17)14-10-6-5-7-16(3)8-10/h10,14H,4-8,13H2,1-3H3. The zero-order valence-corrected chi connectivity index (χ0v) is 11.0. The van der Waals surface area contributed by atoms with Crippen LogP contribution >= 0.6 is 0 Å². The Morgan fingerprint density at radius 2 is 2.29 bits per heavy atom. The summed E-state index contributed by atoms with van der Waals surface area (Å²) in [6.45, 7) is 7.17. The Morgan fingerprint density at radius 1 is 1.53 bits per heavy atom. The monoisotopic (exact) mass is 237 g/mol. The van der Waals surface area contributed by atoms with Gasteiger partial charge in [-0.15, -0.1) is 0 Å². The Morgan fingerprint density at radius 3 is 2.94 bits per heavy atom. The number of piperidine rings is 1. The molecule has 1 atom stereocenters. The third-order valence-corrected chi connectivity index (χ3v) is 3.44. The minimum atomic E-state index is 0.484. The predicted octanol–water partition coefficient (Wildman–Crippen LogP) is 1.30. The van der Waals surface area contributed by atoms with Crippen molar-refractivity contribution in [3.63, 3.8) is 0 Å². The van der Waals surface area contributed by atoms with E-state index in [-0.39, 0.29) is 0 Å². The highest BCUT2D eigenvalue weighted by atomic mass is 15.3. The van der Waals surface area contributed by atoms with Crippen molar-refractivity contribution >= 4 is 11.5 Å². The van der Waals surface area contributed by atoms with Crippen molar-refractivity contribution < 1.29 is 0 Å². The smallest absolute Gasteiger partial charge is 0.148 e. The van der Waals surface area contributed by atoms with Gasteiger partial charge in [-0.25, -0.2) is 4.68 Å². The van der Waals surface area contributed by atoms with Crippen LogP contribution in [0.25, 0.3) is 0 Å². The van der Waals surface area contributed by atoms with Crippen LogP contribution in [0.2, 0.25) is 0 Å². The maximum Gasteiger partial charge on any atom is 0.148 e. The quantitative estimate of drug-likeness (QED) is 0.832. The number of nitrogen functional groups attached to an aromatic ring is 1. The fourth-order valence-electron chi connectivity index (χ4n) is 2.45. The first-order valence-electron chi connectivity index (χ1n) is 6.39.